The average Bonchev–Trinajstić information content (AvgIpc) is 3.17. The van der Waals surface area contributed by atoms with Crippen LogP contribution in [0.15, 0.2) is 30.5 Å². The number of amides is 1. The molecule has 1 saturated carbocycles. The molecule has 1 heterocycles. The Morgan fingerprint density at radius 2 is 1.85 bits per heavy atom. The zero-order chi connectivity index (χ0) is 18.4. The van der Waals surface area contributed by atoms with Gasteiger partial charge in [0.25, 0.3) is 5.91 Å². The molecule has 4 atom stereocenters. The van der Waals surface area contributed by atoms with E-state index in [1.54, 1.807) is 18.3 Å². The fourth-order valence-corrected chi connectivity index (χ4v) is 3.80. The number of rotatable bonds is 3. The first-order valence-electron chi connectivity index (χ1n) is 8.23. The number of methoxy groups -OCH3 is 1. The van der Waals surface area contributed by atoms with E-state index in [4.69, 9.17) is 4.74 Å². The van der Waals surface area contributed by atoms with E-state index in [1.165, 1.54) is 19.2 Å². The largest absolute Gasteiger partial charge is 0.465 e. The van der Waals surface area contributed by atoms with Gasteiger partial charge < -0.3 is 14.9 Å². The van der Waals surface area contributed by atoms with Crippen LogP contribution in [-0.2, 0) is 4.74 Å². The lowest BCUT2D eigenvalue weighted by Crippen LogP contribution is -2.32. The number of hydrogen-bond donors (Lipinski definition) is 3. The number of esters is 1. The Labute approximate surface area is 148 Å². The summed E-state index contributed by atoms with van der Waals surface area (Å²) in [7, 11) is 1.25. The lowest BCUT2D eigenvalue weighted by molar-refractivity contribution is 0.0207. The predicted octanol–water partition coefficient (Wildman–Crippen LogP) is 0.822. The Morgan fingerprint density at radius 3 is 2.58 bits per heavy atom. The molecule has 4 rings (SSSR count). The summed E-state index contributed by atoms with van der Waals surface area (Å²) in [6, 6.07) is 6.29. The standard InChI is InChI=1S/C18H17N3O5/c1-26-17(25)9-5-3-2-4-8(9)16(24)21-18-19-7-12-10-6-11(13(12)20-18)15(23)14(10)22/h2-5,7,10-11,14-15,22-23H,6H2,1H3,(H,19,20,21,24)/t10-,11+,14-,15+/m1/s1. The number of fused-ring (bicyclic) bond motifs is 5. The van der Waals surface area contributed by atoms with Crippen molar-refractivity contribution in [2.24, 2.45) is 0 Å². The Balaban J connectivity index is 1.60. The number of carbonyl (C=O) groups is 2. The van der Waals surface area contributed by atoms with Gasteiger partial charge in [-0.3, -0.25) is 10.1 Å². The molecule has 0 spiro atoms. The van der Waals surface area contributed by atoms with Crippen LogP contribution in [0.5, 0.6) is 0 Å². The van der Waals surface area contributed by atoms with Crippen LogP contribution in [-0.4, -0.2) is 51.4 Å². The maximum Gasteiger partial charge on any atom is 0.338 e. The first kappa shape index (κ1) is 16.6. The molecule has 0 saturated heterocycles. The summed E-state index contributed by atoms with van der Waals surface area (Å²) in [6.07, 6.45) is 0.535. The Bertz CT molecular complexity index is 900. The van der Waals surface area contributed by atoms with E-state index < -0.39 is 24.1 Å². The number of aromatic nitrogens is 2. The van der Waals surface area contributed by atoms with E-state index in [1.807, 2.05) is 0 Å². The predicted molar refractivity (Wildman–Crippen MR) is 89.9 cm³/mol. The number of ether oxygens (including phenoxy) is 1. The minimum Gasteiger partial charge on any atom is -0.465 e. The van der Waals surface area contributed by atoms with E-state index in [2.05, 4.69) is 15.3 Å². The van der Waals surface area contributed by atoms with Crippen molar-refractivity contribution in [2.75, 3.05) is 12.4 Å². The van der Waals surface area contributed by atoms with Gasteiger partial charge in [-0.2, -0.15) is 0 Å². The normalized spacial score (nSPS) is 25.7. The molecule has 134 valence electrons. The highest BCUT2D eigenvalue weighted by Crippen LogP contribution is 2.52. The monoisotopic (exact) mass is 355 g/mol. The molecule has 0 unspecified atom stereocenters. The number of hydrogen-bond acceptors (Lipinski definition) is 7. The van der Waals surface area contributed by atoms with Crippen molar-refractivity contribution >= 4 is 17.8 Å². The maximum absolute atomic E-state index is 12.5. The van der Waals surface area contributed by atoms with Crippen molar-refractivity contribution in [2.45, 2.75) is 30.5 Å². The maximum atomic E-state index is 12.5. The Kier molecular flexibility index (Phi) is 3.93. The second-order valence-corrected chi connectivity index (χ2v) is 6.46. The minimum atomic E-state index is -0.856. The molecule has 1 fully saturated rings. The van der Waals surface area contributed by atoms with Crippen LogP contribution < -0.4 is 5.32 Å². The molecule has 26 heavy (non-hydrogen) atoms. The van der Waals surface area contributed by atoms with Gasteiger partial charge in [0.1, 0.15) is 0 Å². The van der Waals surface area contributed by atoms with Crippen molar-refractivity contribution in [3.8, 4) is 0 Å². The SMILES string of the molecule is COC(=O)c1ccccc1C(=O)Nc1ncc2c(n1)[C@@H]1C[C@H]2[C@@H](O)[C@H]1O. The van der Waals surface area contributed by atoms with Gasteiger partial charge in [-0.1, -0.05) is 12.1 Å². The Morgan fingerprint density at radius 1 is 1.15 bits per heavy atom. The van der Waals surface area contributed by atoms with E-state index >= 15 is 0 Å². The molecular weight excluding hydrogens is 338 g/mol. The van der Waals surface area contributed by atoms with E-state index in [0.717, 1.165) is 5.56 Å². The summed E-state index contributed by atoms with van der Waals surface area (Å²) >= 11 is 0. The number of nitrogens with zero attached hydrogens (tertiary/aromatic N) is 2. The van der Waals surface area contributed by atoms with Gasteiger partial charge in [0.05, 0.1) is 36.1 Å². The number of aliphatic hydroxyl groups excluding tert-OH is 2. The molecule has 8 heteroatoms. The number of benzene rings is 1. The van der Waals surface area contributed by atoms with Crippen molar-refractivity contribution in [3.05, 3.63) is 52.8 Å². The van der Waals surface area contributed by atoms with Crippen LogP contribution in [0.3, 0.4) is 0 Å². The van der Waals surface area contributed by atoms with Gasteiger partial charge in [-0.15, -0.1) is 0 Å². The van der Waals surface area contributed by atoms with Crippen LogP contribution in [0.4, 0.5) is 5.95 Å². The van der Waals surface area contributed by atoms with Gasteiger partial charge in [0, 0.05) is 18.0 Å². The summed E-state index contributed by atoms with van der Waals surface area (Å²) in [6.45, 7) is 0. The Hall–Kier alpha value is -2.84. The van der Waals surface area contributed by atoms with Crippen LogP contribution in [0.1, 0.15) is 50.2 Å². The number of anilines is 1. The molecule has 2 aromatic rings. The third-order valence-electron chi connectivity index (χ3n) is 5.08. The van der Waals surface area contributed by atoms with Gasteiger partial charge in [0.2, 0.25) is 5.95 Å². The first-order chi connectivity index (χ1) is 12.5. The minimum absolute atomic E-state index is 0.0858. The van der Waals surface area contributed by atoms with E-state index in [0.29, 0.717) is 12.1 Å². The topological polar surface area (TPSA) is 122 Å². The van der Waals surface area contributed by atoms with Gasteiger partial charge in [0.15, 0.2) is 0 Å². The van der Waals surface area contributed by atoms with Crippen molar-refractivity contribution < 1.29 is 24.5 Å². The zero-order valence-electron chi connectivity index (χ0n) is 13.9. The van der Waals surface area contributed by atoms with Crippen molar-refractivity contribution in [1.82, 2.24) is 9.97 Å². The van der Waals surface area contributed by atoms with Crippen molar-refractivity contribution in [1.29, 1.82) is 0 Å². The van der Waals surface area contributed by atoms with E-state index in [-0.39, 0.29) is 28.9 Å². The summed E-state index contributed by atoms with van der Waals surface area (Å²) in [5.41, 5.74) is 1.76. The lowest BCUT2D eigenvalue weighted by Gasteiger charge is -2.24. The summed E-state index contributed by atoms with van der Waals surface area (Å²) in [5.74, 6) is -1.49. The molecular formula is C18H17N3O5. The fourth-order valence-electron chi connectivity index (χ4n) is 3.80. The molecule has 3 N–H and O–H groups in total. The molecule has 2 aliphatic rings. The zero-order valence-corrected chi connectivity index (χ0v) is 13.9. The second kappa shape index (κ2) is 6.15. The number of nitrogens with one attached hydrogen (secondary N) is 1. The quantitative estimate of drug-likeness (QED) is 0.697. The smallest absolute Gasteiger partial charge is 0.338 e. The molecule has 8 nitrogen and oxygen atoms in total. The van der Waals surface area contributed by atoms with Crippen LogP contribution >= 0.6 is 0 Å². The number of carbonyl (C=O) groups excluding carboxylic acids is 2. The summed E-state index contributed by atoms with van der Waals surface area (Å²) < 4.78 is 4.69. The van der Waals surface area contributed by atoms with Crippen LogP contribution in [0, 0.1) is 0 Å². The van der Waals surface area contributed by atoms with Crippen LogP contribution in [0.25, 0.3) is 0 Å². The third-order valence-corrected chi connectivity index (χ3v) is 5.08. The second-order valence-electron chi connectivity index (χ2n) is 6.46. The molecule has 2 aliphatic carbocycles. The molecule has 0 aliphatic heterocycles. The average molecular weight is 355 g/mol. The summed E-state index contributed by atoms with van der Waals surface area (Å²) in [4.78, 5) is 32.8. The van der Waals surface area contributed by atoms with E-state index in [9.17, 15) is 19.8 Å². The van der Waals surface area contributed by atoms with Crippen molar-refractivity contribution in [3.63, 3.8) is 0 Å². The fraction of sp³-hybridized carbons (Fsp3) is 0.333. The van der Waals surface area contributed by atoms with Gasteiger partial charge in [-0.05, 0) is 24.1 Å². The molecule has 1 aromatic carbocycles. The number of aliphatic hydroxyl groups is 2. The third kappa shape index (κ3) is 2.46. The first-order valence-corrected chi connectivity index (χ1v) is 8.23. The highest BCUT2D eigenvalue weighted by Gasteiger charge is 2.51. The van der Waals surface area contributed by atoms with Crippen LogP contribution in [0.2, 0.25) is 0 Å². The lowest BCUT2D eigenvalue weighted by atomic mass is 9.92. The molecule has 2 bridgehead atoms. The van der Waals surface area contributed by atoms with Gasteiger partial charge >= 0.3 is 5.97 Å². The summed E-state index contributed by atoms with van der Waals surface area (Å²) in [5, 5.41) is 22.6. The molecule has 0 radical (unpaired) electrons. The highest BCUT2D eigenvalue weighted by atomic mass is 16.5. The highest BCUT2D eigenvalue weighted by molar-refractivity contribution is 6.10. The molecule has 1 amide bonds. The van der Waals surface area contributed by atoms with Gasteiger partial charge in [-0.25, -0.2) is 14.8 Å². The molecule has 1 aromatic heterocycles.